The van der Waals surface area contributed by atoms with E-state index in [4.69, 9.17) is 0 Å². The molecule has 80 valence electrons. The van der Waals surface area contributed by atoms with Gasteiger partial charge in [-0.1, -0.05) is 0 Å². The Kier molecular flexibility index (Phi) is 2.00. The van der Waals surface area contributed by atoms with Crippen LogP contribution in [0.2, 0.25) is 0 Å². The predicted octanol–water partition coefficient (Wildman–Crippen LogP) is 0.390. The van der Waals surface area contributed by atoms with Gasteiger partial charge in [0.15, 0.2) is 0 Å². The third-order valence-electron chi connectivity index (χ3n) is 3.76. The van der Waals surface area contributed by atoms with E-state index in [1.165, 1.54) is 0 Å². The van der Waals surface area contributed by atoms with Crippen LogP contribution in [0.3, 0.4) is 0 Å². The normalized spacial score (nSPS) is 39.3. The Morgan fingerprint density at radius 2 is 2.33 bits per heavy atom. The quantitative estimate of drug-likeness (QED) is 0.720. The average molecular weight is 205 g/mol. The molecule has 1 aromatic rings. The summed E-state index contributed by atoms with van der Waals surface area (Å²) in [5.41, 5.74) is 0.0119. The second kappa shape index (κ2) is 3.25. The largest absolute Gasteiger partial charge is 0.383 e. The summed E-state index contributed by atoms with van der Waals surface area (Å²) in [6.45, 7) is 3.10. The molecule has 3 rings (SSSR count). The Morgan fingerprint density at radius 3 is 3.13 bits per heavy atom. The van der Waals surface area contributed by atoms with Crippen molar-refractivity contribution in [1.82, 2.24) is 14.9 Å². The summed E-state index contributed by atoms with van der Waals surface area (Å²) in [5, 5.41) is 10.7. The van der Waals surface area contributed by atoms with Crippen LogP contribution in [0.5, 0.6) is 0 Å². The summed E-state index contributed by atoms with van der Waals surface area (Å²) in [4.78, 5) is 10.7. The van der Waals surface area contributed by atoms with Crippen LogP contribution in [0.1, 0.15) is 18.5 Å². The fourth-order valence-electron chi connectivity index (χ4n) is 2.82. The van der Waals surface area contributed by atoms with Crippen molar-refractivity contribution in [2.45, 2.75) is 18.4 Å². The lowest BCUT2D eigenvalue weighted by molar-refractivity contribution is -0.0539. The SMILES string of the molecule is OC1(c2cnccn2)CCN2CCC1C2. The fourth-order valence-corrected chi connectivity index (χ4v) is 2.82. The molecule has 2 bridgehead atoms. The highest BCUT2D eigenvalue weighted by Gasteiger charge is 2.46. The molecule has 0 aromatic carbocycles. The number of hydrogen-bond donors (Lipinski definition) is 1. The summed E-state index contributed by atoms with van der Waals surface area (Å²) in [6, 6.07) is 0. The van der Waals surface area contributed by atoms with Crippen LogP contribution in [0.15, 0.2) is 18.6 Å². The van der Waals surface area contributed by atoms with E-state index in [1.54, 1.807) is 18.6 Å². The van der Waals surface area contributed by atoms with Gasteiger partial charge in [0, 0.05) is 31.4 Å². The number of hydrogen-bond acceptors (Lipinski definition) is 4. The maximum atomic E-state index is 10.7. The molecule has 4 heteroatoms. The zero-order valence-electron chi connectivity index (χ0n) is 8.63. The maximum absolute atomic E-state index is 10.7. The third kappa shape index (κ3) is 1.36. The van der Waals surface area contributed by atoms with Gasteiger partial charge < -0.3 is 10.0 Å². The van der Waals surface area contributed by atoms with E-state index < -0.39 is 5.60 Å². The summed E-state index contributed by atoms with van der Waals surface area (Å²) in [7, 11) is 0. The molecule has 1 aromatic heterocycles. The fraction of sp³-hybridized carbons (Fsp3) is 0.636. The zero-order chi connectivity index (χ0) is 10.3. The van der Waals surface area contributed by atoms with Crippen molar-refractivity contribution in [3.05, 3.63) is 24.3 Å². The molecule has 3 heterocycles. The minimum absolute atomic E-state index is 0.336. The van der Waals surface area contributed by atoms with Crippen molar-refractivity contribution in [2.24, 2.45) is 5.92 Å². The first-order valence-electron chi connectivity index (χ1n) is 5.50. The Bertz CT molecular complexity index is 356. The van der Waals surface area contributed by atoms with E-state index in [-0.39, 0.29) is 0 Å². The standard InChI is InChI=1S/C11H15N3O/c15-11(10-7-12-3-4-13-10)2-6-14-5-1-9(11)8-14/h3-4,7,9,15H,1-2,5-6,8H2. The summed E-state index contributed by atoms with van der Waals surface area (Å²) < 4.78 is 0. The summed E-state index contributed by atoms with van der Waals surface area (Å²) in [5.74, 6) is 0.336. The molecule has 3 unspecified atom stereocenters. The lowest BCUT2D eigenvalue weighted by Crippen LogP contribution is -2.44. The van der Waals surface area contributed by atoms with Gasteiger partial charge in [0.25, 0.3) is 0 Å². The molecule has 2 saturated heterocycles. The van der Waals surface area contributed by atoms with Gasteiger partial charge in [-0.3, -0.25) is 9.97 Å². The Hall–Kier alpha value is -1.00. The van der Waals surface area contributed by atoms with Gasteiger partial charge in [-0.2, -0.15) is 0 Å². The van der Waals surface area contributed by atoms with Gasteiger partial charge in [0.2, 0.25) is 0 Å². The molecular formula is C11H15N3O. The van der Waals surface area contributed by atoms with Crippen LogP contribution in [0.4, 0.5) is 0 Å². The molecule has 0 aliphatic carbocycles. The molecule has 2 fully saturated rings. The summed E-state index contributed by atoms with van der Waals surface area (Å²) in [6.07, 6.45) is 6.88. The number of rotatable bonds is 1. The second-order valence-corrected chi connectivity index (χ2v) is 4.55. The van der Waals surface area contributed by atoms with Crippen molar-refractivity contribution < 1.29 is 5.11 Å². The molecule has 2 aliphatic heterocycles. The Labute approximate surface area is 89.0 Å². The topological polar surface area (TPSA) is 49.3 Å². The van der Waals surface area contributed by atoms with E-state index in [0.717, 1.165) is 38.2 Å². The van der Waals surface area contributed by atoms with E-state index in [0.29, 0.717) is 5.92 Å². The third-order valence-corrected chi connectivity index (χ3v) is 3.76. The summed E-state index contributed by atoms with van der Waals surface area (Å²) >= 11 is 0. The van der Waals surface area contributed by atoms with E-state index in [1.807, 2.05) is 0 Å². The van der Waals surface area contributed by atoms with Crippen molar-refractivity contribution in [2.75, 3.05) is 19.6 Å². The number of nitrogens with zero attached hydrogens (tertiary/aromatic N) is 3. The Morgan fingerprint density at radius 1 is 1.40 bits per heavy atom. The lowest BCUT2D eigenvalue weighted by atomic mass is 9.80. The van der Waals surface area contributed by atoms with E-state index >= 15 is 0 Å². The number of fused-ring (bicyclic) bond motifs is 2. The van der Waals surface area contributed by atoms with Crippen molar-refractivity contribution >= 4 is 0 Å². The lowest BCUT2D eigenvalue weighted by Gasteiger charge is -2.37. The van der Waals surface area contributed by atoms with Crippen LogP contribution in [-0.2, 0) is 5.60 Å². The van der Waals surface area contributed by atoms with Gasteiger partial charge in [0.1, 0.15) is 5.60 Å². The highest BCUT2D eigenvalue weighted by atomic mass is 16.3. The number of piperidine rings is 1. The maximum Gasteiger partial charge on any atom is 0.113 e. The average Bonchev–Trinajstić information content (AvgIpc) is 2.71. The monoisotopic (exact) mass is 205 g/mol. The minimum Gasteiger partial charge on any atom is -0.383 e. The first-order valence-corrected chi connectivity index (χ1v) is 5.50. The zero-order valence-corrected chi connectivity index (χ0v) is 8.63. The molecular weight excluding hydrogens is 190 g/mol. The van der Waals surface area contributed by atoms with Crippen LogP contribution in [0.25, 0.3) is 0 Å². The molecule has 2 aliphatic rings. The van der Waals surface area contributed by atoms with E-state index in [2.05, 4.69) is 14.9 Å². The van der Waals surface area contributed by atoms with Gasteiger partial charge in [-0.15, -0.1) is 0 Å². The van der Waals surface area contributed by atoms with Gasteiger partial charge in [-0.25, -0.2) is 0 Å². The molecule has 0 spiro atoms. The van der Waals surface area contributed by atoms with Gasteiger partial charge in [0.05, 0.1) is 11.9 Å². The molecule has 0 radical (unpaired) electrons. The highest BCUT2D eigenvalue weighted by molar-refractivity contribution is 5.13. The highest BCUT2D eigenvalue weighted by Crippen LogP contribution is 2.41. The molecule has 3 atom stereocenters. The number of aliphatic hydroxyl groups is 1. The Balaban J connectivity index is 1.96. The van der Waals surface area contributed by atoms with Crippen LogP contribution >= 0.6 is 0 Å². The first kappa shape index (κ1) is 9.24. The van der Waals surface area contributed by atoms with Crippen LogP contribution in [0, 0.1) is 5.92 Å². The predicted molar refractivity (Wildman–Crippen MR) is 55.1 cm³/mol. The van der Waals surface area contributed by atoms with Crippen molar-refractivity contribution in [3.63, 3.8) is 0 Å². The van der Waals surface area contributed by atoms with Crippen molar-refractivity contribution in [1.29, 1.82) is 0 Å². The molecule has 0 saturated carbocycles. The first-order chi connectivity index (χ1) is 7.29. The molecule has 0 amide bonds. The minimum atomic E-state index is -0.735. The van der Waals surface area contributed by atoms with Gasteiger partial charge >= 0.3 is 0 Å². The molecule has 4 nitrogen and oxygen atoms in total. The number of aromatic nitrogens is 2. The second-order valence-electron chi connectivity index (χ2n) is 4.55. The van der Waals surface area contributed by atoms with Crippen LogP contribution < -0.4 is 0 Å². The van der Waals surface area contributed by atoms with Crippen LogP contribution in [-0.4, -0.2) is 39.6 Å². The molecule has 15 heavy (non-hydrogen) atoms. The van der Waals surface area contributed by atoms with Gasteiger partial charge in [-0.05, 0) is 19.4 Å². The molecule has 1 N–H and O–H groups in total. The smallest absolute Gasteiger partial charge is 0.113 e. The van der Waals surface area contributed by atoms with E-state index in [9.17, 15) is 5.11 Å². The van der Waals surface area contributed by atoms with Crippen molar-refractivity contribution in [3.8, 4) is 0 Å².